The van der Waals surface area contributed by atoms with Crippen LogP contribution in [0.5, 0.6) is 0 Å². The molecule has 2 atom stereocenters. The van der Waals surface area contributed by atoms with Crippen LogP contribution in [-0.4, -0.2) is 16.1 Å². The summed E-state index contributed by atoms with van der Waals surface area (Å²) in [6.07, 6.45) is 1.81. The van der Waals surface area contributed by atoms with Crippen LogP contribution in [0.4, 0.5) is 0 Å². The third-order valence-corrected chi connectivity index (χ3v) is 4.11. The maximum absolute atomic E-state index is 10.8. The molecule has 0 aliphatic heterocycles. The SMILES string of the molecule is CC(C(=O)O)c1ncc([C@@H](C)C(C)C)s1. The van der Waals surface area contributed by atoms with Crippen molar-refractivity contribution < 1.29 is 9.90 Å². The summed E-state index contributed by atoms with van der Waals surface area (Å²) in [5, 5.41) is 9.56. The van der Waals surface area contributed by atoms with E-state index < -0.39 is 11.9 Å². The fourth-order valence-electron chi connectivity index (χ4n) is 1.15. The van der Waals surface area contributed by atoms with E-state index in [1.54, 1.807) is 6.92 Å². The number of carboxylic acid groups (broad SMARTS) is 1. The minimum absolute atomic E-state index is 0.442. The molecule has 0 aliphatic carbocycles. The van der Waals surface area contributed by atoms with Gasteiger partial charge in [-0.15, -0.1) is 11.3 Å². The van der Waals surface area contributed by atoms with Crippen LogP contribution in [0.25, 0.3) is 0 Å². The molecule has 1 N–H and O–H groups in total. The van der Waals surface area contributed by atoms with Crippen LogP contribution >= 0.6 is 11.3 Å². The molecule has 0 saturated carbocycles. The predicted octanol–water partition coefficient (Wildman–Crippen LogP) is 3.09. The van der Waals surface area contributed by atoms with Gasteiger partial charge in [0.05, 0.1) is 0 Å². The largest absolute Gasteiger partial charge is 0.481 e. The summed E-state index contributed by atoms with van der Waals surface area (Å²) in [5.41, 5.74) is 0. The number of carbonyl (C=O) groups is 1. The van der Waals surface area contributed by atoms with Gasteiger partial charge in [-0.25, -0.2) is 4.98 Å². The summed E-state index contributed by atoms with van der Waals surface area (Å²) in [5.74, 6) is -0.313. The van der Waals surface area contributed by atoms with Crippen LogP contribution < -0.4 is 0 Å². The fourth-order valence-corrected chi connectivity index (χ4v) is 2.33. The number of hydrogen-bond donors (Lipinski definition) is 1. The van der Waals surface area contributed by atoms with E-state index in [-0.39, 0.29) is 0 Å². The molecule has 0 radical (unpaired) electrons. The molecule has 0 spiro atoms. The maximum atomic E-state index is 10.8. The highest BCUT2D eigenvalue weighted by Crippen LogP contribution is 2.31. The van der Waals surface area contributed by atoms with Gasteiger partial charge in [-0.1, -0.05) is 20.8 Å². The molecule has 0 bridgehead atoms. The Morgan fingerprint density at radius 2 is 2.00 bits per heavy atom. The number of rotatable bonds is 4. The van der Waals surface area contributed by atoms with E-state index in [1.165, 1.54) is 16.2 Å². The Kier molecular flexibility index (Phi) is 3.85. The Balaban J connectivity index is 2.85. The quantitative estimate of drug-likeness (QED) is 0.860. The van der Waals surface area contributed by atoms with E-state index in [1.807, 2.05) is 6.20 Å². The van der Waals surface area contributed by atoms with Gasteiger partial charge in [-0.2, -0.15) is 0 Å². The summed E-state index contributed by atoms with van der Waals surface area (Å²) in [7, 11) is 0. The molecule has 1 unspecified atom stereocenters. The molecule has 1 rings (SSSR count). The second kappa shape index (κ2) is 4.75. The number of thiazole rings is 1. The van der Waals surface area contributed by atoms with E-state index in [0.717, 1.165) is 0 Å². The van der Waals surface area contributed by atoms with Crippen LogP contribution in [0.1, 0.15) is 49.4 Å². The highest BCUT2D eigenvalue weighted by Gasteiger charge is 2.20. The molecule has 84 valence electrons. The standard InChI is InChI=1S/C11H17NO2S/c1-6(2)7(3)9-5-12-10(15-9)8(4)11(13)14/h5-8H,1-4H3,(H,13,14)/t7-,8?/m0/s1. The number of nitrogens with zero attached hydrogens (tertiary/aromatic N) is 1. The van der Waals surface area contributed by atoms with Crippen molar-refractivity contribution in [1.82, 2.24) is 4.98 Å². The monoisotopic (exact) mass is 227 g/mol. The van der Waals surface area contributed by atoms with Crippen molar-refractivity contribution in [2.45, 2.75) is 39.5 Å². The van der Waals surface area contributed by atoms with Crippen LogP contribution in [-0.2, 0) is 4.79 Å². The highest BCUT2D eigenvalue weighted by atomic mass is 32.1. The summed E-state index contributed by atoms with van der Waals surface area (Å²) in [6.45, 7) is 8.13. The number of carboxylic acids is 1. The lowest BCUT2D eigenvalue weighted by atomic mass is 9.97. The maximum Gasteiger partial charge on any atom is 0.313 e. The summed E-state index contributed by atoms with van der Waals surface area (Å²) < 4.78 is 0. The molecule has 0 fully saturated rings. The first-order chi connectivity index (χ1) is 6.93. The number of aromatic nitrogens is 1. The zero-order chi connectivity index (χ0) is 11.6. The average molecular weight is 227 g/mol. The van der Waals surface area contributed by atoms with Crippen molar-refractivity contribution in [1.29, 1.82) is 0 Å². The molecule has 1 aromatic heterocycles. The fraction of sp³-hybridized carbons (Fsp3) is 0.636. The van der Waals surface area contributed by atoms with Crippen LogP contribution in [0.15, 0.2) is 6.20 Å². The lowest BCUT2D eigenvalue weighted by Gasteiger charge is -2.12. The van der Waals surface area contributed by atoms with Gasteiger partial charge in [0, 0.05) is 11.1 Å². The Morgan fingerprint density at radius 3 is 2.47 bits per heavy atom. The minimum atomic E-state index is -0.812. The Bertz CT molecular complexity index is 346. The van der Waals surface area contributed by atoms with Crippen molar-refractivity contribution in [3.8, 4) is 0 Å². The molecule has 4 heteroatoms. The third-order valence-electron chi connectivity index (χ3n) is 2.73. The normalized spacial score (nSPS) is 15.3. The van der Waals surface area contributed by atoms with Crippen LogP contribution in [0, 0.1) is 5.92 Å². The zero-order valence-electron chi connectivity index (χ0n) is 9.52. The number of aliphatic carboxylic acids is 1. The number of hydrogen-bond acceptors (Lipinski definition) is 3. The van der Waals surface area contributed by atoms with Gasteiger partial charge in [0.1, 0.15) is 10.9 Å². The predicted molar refractivity (Wildman–Crippen MR) is 61.4 cm³/mol. The lowest BCUT2D eigenvalue weighted by Crippen LogP contribution is -2.06. The molecule has 3 nitrogen and oxygen atoms in total. The van der Waals surface area contributed by atoms with Gasteiger partial charge in [0.15, 0.2) is 0 Å². The molecule has 0 amide bonds. The minimum Gasteiger partial charge on any atom is -0.481 e. The molecule has 0 saturated heterocycles. The second-order valence-corrected chi connectivity index (χ2v) is 5.29. The molecule has 1 heterocycles. The second-order valence-electron chi connectivity index (χ2n) is 4.19. The lowest BCUT2D eigenvalue weighted by molar-refractivity contribution is -0.138. The first-order valence-corrected chi connectivity index (χ1v) is 5.93. The van der Waals surface area contributed by atoms with Crippen molar-refractivity contribution in [2.75, 3.05) is 0 Å². The molecule has 0 aromatic carbocycles. The average Bonchev–Trinajstić information content (AvgIpc) is 2.63. The third kappa shape index (κ3) is 2.78. The Morgan fingerprint density at radius 1 is 1.40 bits per heavy atom. The van der Waals surface area contributed by atoms with Crippen molar-refractivity contribution in [3.05, 3.63) is 16.1 Å². The van der Waals surface area contributed by atoms with Crippen molar-refractivity contribution in [3.63, 3.8) is 0 Å². The summed E-state index contributed by atoms with van der Waals surface area (Å²) in [4.78, 5) is 16.1. The molecular weight excluding hydrogens is 210 g/mol. The van der Waals surface area contributed by atoms with E-state index in [2.05, 4.69) is 25.8 Å². The first-order valence-electron chi connectivity index (χ1n) is 5.12. The van der Waals surface area contributed by atoms with Gasteiger partial charge < -0.3 is 5.11 Å². The molecular formula is C11H17NO2S. The molecule has 15 heavy (non-hydrogen) atoms. The first kappa shape index (κ1) is 12.2. The summed E-state index contributed by atoms with van der Waals surface area (Å²) >= 11 is 1.51. The Labute approximate surface area is 94.2 Å². The summed E-state index contributed by atoms with van der Waals surface area (Å²) in [6, 6.07) is 0. The van der Waals surface area contributed by atoms with Crippen molar-refractivity contribution in [2.24, 2.45) is 5.92 Å². The van der Waals surface area contributed by atoms with Gasteiger partial charge in [-0.3, -0.25) is 4.79 Å². The zero-order valence-corrected chi connectivity index (χ0v) is 10.3. The van der Waals surface area contributed by atoms with E-state index in [0.29, 0.717) is 16.8 Å². The molecule has 1 aromatic rings. The highest BCUT2D eigenvalue weighted by molar-refractivity contribution is 7.11. The van der Waals surface area contributed by atoms with E-state index in [9.17, 15) is 4.79 Å². The van der Waals surface area contributed by atoms with E-state index >= 15 is 0 Å². The van der Waals surface area contributed by atoms with Gasteiger partial charge >= 0.3 is 5.97 Å². The molecule has 0 aliphatic rings. The van der Waals surface area contributed by atoms with Gasteiger partial charge in [0.2, 0.25) is 0 Å². The smallest absolute Gasteiger partial charge is 0.313 e. The Hall–Kier alpha value is -0.900. The topological polar surface area (TPSA) is 50.2 Å². The van der Waals surface area contributed by atoms with Crippen LogP contribution in [0.2, 0.25) is 0 Å². The van der Waals surface area contributed by atoms with Crippen molar-refractivity contribution >= 4 is 17.3 Å². The van der Waals surface area contributed by atoms with E-state index in [4.69, 9.17) is 5.11 Å². The van der Waals surface area contributed by atoms with Gasteiger partial charge in [0.25, 0.3) is 0 Å². The van der Waals surface area contributed by atoms with Crippen LogP contribution in [0.3, 0.4) is 0 Å². The van der Waals surface area contributed by atoms with Gasteiger partial charge in [-0.05, 0) is 18.8 Å².